The Labute approximate surface area is 130 Å². The third-order valence-corrected chi connectivity index (χ3v) is 3.35. The van der Waals surface area contributed by atoms with Crippen molar-refractivity contribution >= 4 is 11.7 Å². The molecule has 0 radical (unpaired) electrons. The Hall–Kier alpha value is -2.11. The van der Waals surface area contributed by atoms with Crippen molar-refractivity contribution in [2.24, 2.45) is 0 Å². The molecule has 0 aliphatic heterocycles. The zero-order chi connectivity index (χ0) is 16.2. The molecule has 0 aliphatic rings. The van der Waals surface area contributed by atoms with E-state index < -0.39 is 10.9 Å². The van der Waals surface area contributed by atoms with Gasteiger partial charge in [0.15, 0.2) is 0 Å². The van der Waals surface area contributed by atoms with Crippen LogP contribution >= 0.6 is 0 Å². The molecular weight excluding hydrogens is 286 g/mol. The summed E-state index contributed by atoms with van der Waals surface area (Å²) in [5.74, 6) is -0.0670. The first-order valence-corrected chi connectivity index (χ1v) is 7.68. The van der Waals surface area contributed by atoms with E-state index >= 15 is 0 Å². The molecule has 1 rings (SSSR count). The van der Waals surface area contributed by atoms with Gasteiger partial charge in [0.1, 0.15) is 5.75 Å². The Kier molecular flexibility index (Phi) is 8.64. The molecule has 0 bridgehead atoms. The van der Waals surface area contributed by atoms with Crippen molar-refractivity contribution in [2.75, 3.05) is 6.61 Å². The van der Waals surface area contributed by atoms with Gasteiger partial charge < -0.3 is 9.84 Å². The Morgan fingerprint density at radius 3 is 2.09 bits per heavy atom. The number of hydrogen-bond acceptors (Lipinski definition) is 4. The fraction of sp³-hybridized carbons (Fsp3) is 0.562. The molecule has 0 saturated carbocycles. The second-order valence-corrected chi connectivity index (χ2v) is 5.22. The Morgan fingerprint density at radius 1 is 1.00 bits per heavy atom. The molecule has 0 spiro atoms. The highest BCUT2D eigenvalue weighted by Gasteiger charge is 2.04. The summed E-state index contributed by atoms with van der Waals surface area (Å²) in [7, 11) is 0. The van der Waals surface area contributed by atoms with Crippen molar-refractivity contribution in [3.63, 3.8) is 0 Å². The first-order chi connectivity index (χ1) is 10.6. The molecule has 0 saturated heterocycles. The number of nitro benzene ring substituents is 1. The number of unbranched alkanes of at least 4 members (excludes halogenated alkanes) is 6. The van der Waals surface area contributed by atoms with Crippen LogP contribution in [-0.4, -0.2) is 22.6 Å². The number of non-ortho nitro benzene ring substituents is 1. The van der Waals surface area contributed by atoms with Crippen LogP contribution in [0, 0.1) is 10.1 Å². The smallest absolute Gasteiger partial charge is 0.303 e. The normalized spacial score (nSPS) is 10.4. The van der Waals surface area contributed by atoms with Crippen LogP contribution in [0.5, 0.6) is 5.75 Å². The third-order valence-electron chi connectivity index (χ3n) is 3.35. The fourth-order valence-electron chi connectivity index (χ4n) is 2.12. The SMILES string of the molecule is O=C(O)CCCCCCCCCOc1ccc([N+](=O)[O-])cc1. The van der Waals surface area contributed by atoms with Gasteiger partial charge >= 0.3 is 5.97 Å². The lowest BCUT2D eigenvalue weighted by Gasteiger charge is -2.05. The average molecular weight is 309 g/mol. The second kappa shape index (κ2) is 10.6. The van der Waals surface area contributed by atoms with Gasteiger partial charge in [-0.1, -0.05) is 32.1 Å². The highest BCUT2D eigenvalue weighted by atomic mass is 16.6. The maximum Gasteiger partial charge on any atom is 0.303 e. The number of ether oxygens (including phenoxy) is 1. The zero-order valence-electron chi connectivity index (χ0n) is 12.7. The number of hydrogen-bond donors (Lipinski definition) is 1. The van der Waals surface area contributed by atoms with E-state index in [1.807, 2.05) is 0 Å². The summed E-state index contributed by atoms with van der Waals surface area (Å²) in [6.45, 7) is 0.608. The van der Waals surface area contributed by atoms with E-state index in [-0.39, 0.29) is 12.1 Å². The van der Waals surface area contributed by atoms with Gasteiger partial charge in [-0.2, -0.15) is 0 Å². The number of nitrogens with zero attached hydrogens (tertiary/aromatic N) is 1. The van der Waals surface area contributed by atoms with E-state index in [9.17, 15) is 14.9 Å². The summed E-state index contributed by atoms with van der Waals surface area (Å²) in [4.78, 5) is 20.4. The van der Waals surface area contributed by atoms with Crippen molar-refractivity contribution in [2.45, 2.75) is 51.4 Å². The molecule has 0 aromatic heterocycles. The second-order valence-electron chi connectivity index (χ2n) is 5.22. The Bertz CT molecular complexity index is 458. The predicted octanol–water partition coefficient (Wildman–Crippen LogP) is 4.18. The molecule has 22 heavy (non-hydrogen) atoms. The standard InChI is InChI=1S/C16H23NO5/c18-16(19)8-6-4-2-1-3-5-7-13-22-15-11-9-14(10-12-15)17(20)21/h9-12H,1-8,13H2,(H,18,19). The number of nitro groups is 1. The molecule has 6 nitrogen and oxygen atoms in total. The number of carbonyl (C=O) groups is 1. The molecule has 0 heterocycles. The van der Waals surface area contributed by atoms with Gasteiger partial charge in [0.05, 0.1) is 11.5 Å². The van der Waals surface area contributed by atoms with Crippen molar-refractivity contribution < 1.29 is 19.6 Å². The number of carboxylic acids is 1. The number of rotatable bonds is 12. The average Bonchev–Trinajstić information content (AvgIpc) is 2.49. The molecule has 122 valence electrons. The van der Waals surface area contributed by atoms with E-state index in [1.54, 1.807) is 12.1 Å². The highest BCUT2D eigenvalue weighted by molar-refractivity contribution is 5.66. The van der Waals surface area contributed by atoms with Gasteiger partial charge in [0.2, 0.25) is 0 Å². The molecule has 1 aromatic carbocycles. The lowest BCUT2D eigenvalue weighted by Crippen LogP contribution is -1.97. The first-order valence-electron chi connectivity index (χ1n) is 7.68. The summed E-state index contributed by atoms with van der Waals surface area (Å²) in [5.41, 5.74) is 0.0650. The van der Waals surface area contributed by atoms with E-state index in [0.717, 1.165) is 44.9 Å². The minimum absolute atomic E-state index is 0.0650. The van der Waals surface area contributed by atoms with Crippen LogP contribution in [0.3, 0.4) is 0 Å². The molecule has 0 amide bonds. The van der Waals surface area contributed by atoms with E-state index in [1.165, 1.54) is 12.1 Å². The lowest BCUT2D eigenvalue weighted by atomic mass is 10.1. The molecule has 1 aromatic rings. The Morgan fingerprint density at radius 2 is 1.55 bits per heavy atom. The Balaban J connectivity index is 1.97. The van der Waals surface area contributed by atoms with Crippen LogP contribution in [0.15, 0.2) is 24.3 Å². The van der Waals surface area contributed by atoms with E-state index in [4.69, 9.17) is 9.84 Å². The minimum atomic E-state index is -0.719. The highest BCUT2D eigenvalue weighted by Crippen LogP contribution is 2.17. The molecule has 0 aliphatic carbocycles. The van der Waals surface area contributed by atoms with Gasteiger partial charge in [-0.15, -0.1) is 0 Å². The van der Waals surface area contributed by atoms with Gasteiger partial charge in [-0.3, -0.25) is 14.9 Å². The van der Waals surface area contributed by atoms with Crippen LogP contribution < -0.4 is 4.74 Å². The van der Waals surface area contributed by atoms with Crippen LogP contribution in [0.1, 0.15) is 51.4 Å². The van der Waals surface area contributed by atoms with Crippen molar-refractivity contribution in [3.8, 4) is 5.75 Å². The van der Waals surface area contributed by atoms with Crippen LogP contribution in [-0.2, 0) is 4.79 Å². The largest absolute Gasteiger partial charge is 0.494 e. The monoisotopic (exact) mass is 309 g/mol. The number of aliphatic carboxylic acids is 1. The van der Waals surface area contributed by atoms with E-state index in [0.29, 0.717) is 12.4 Å². The van der Waals surface area contributed by atoms with Crippen LogP contribution in [0.2, 0.25) is 0 Å². The predicted molar refractivity (Wildman–Crippen MR) is 83.2 cm³/mol. The summed E-state index contributed by atoms with van der Waals surface area (Å²) in [5, 5.41) is 19.0. The number of carboxylic acid groups (broad SMARTS) is 1. The van der Waals surface area contributed by atoms with E-state index in [2.05, 4.69) is 0 Å². The van der Waals surface area contributed by atoms with Gasteiger partial charge in [0, 0.05) is 18.6 Å². The van der Waals surface area contributed by atoms with Crippen LogP contribution in [0.4, 0.5) is 5.69 Å². The maximum absolute atomic E-state index is 10.5. The summed E-state index contributed by atoms with van der Waals surface area (Å²) < 4.78 is 5.52. The topological polar surface area (TPSA) is 89.7 Å². The number of benzene rings is 1. The van der Waals surface area contributed by atoms with Crippen molar-refractivity contribution in [1.29, 1.82) is 0 Å². The molecule has 0 fully saturated rings. The molecule has 6 heteroatoms. The van der Waals surface area contributed by atoms with Crippen molar-refractivity contribution in [1.82, 2.24) is 0 Å². The summed E-state index contributed by atoms with van der Waals surface area (Å²) >= 11 is 0. The third kappa shape index (κ3) is 8.24. The molecule has 1 N–H and O–H groups in total. The van der Waals surface area contributed by atoms with Gasteiger partial charge in [-0.25, -0.2) is 0 Å². The zero-order valence-corrected chi connectivity index (χ0v) is 12.7. The van der Waals surface area contributed by atoms with Gasteiger partial charge in [-0.05, 0) is 25.0 Å². The maximum atomic E-state index is 10.5. The summed E-state index contributed by atoms with van der Waals surface area (Å²) in [6.07, 6.45) is 7.36. The quantitative estimate of drug-likeness (QED) is 0.355. The summed E-state index contributed by atoms with van der Waals surface area (Å²) in [6, 6.07) is 6.10. The molecular formula is C16H23NO5. The minimum Gasteiger partial charge on any atom is -0.494 e. The van der Waals surface area contributed by atoms with Crippen LogP contribution in [0.25, 0.3) is 0 Å². The molecule has 0 unspecified atom stereocenters. The molecule has 0 atom stereocenters. The van der Waals surface area contributed by atoms with Crippen molar-refractivity contribution in [3.05, 3.63) is 34.4 Å². The fourth-order valence-corrected chi connectivity index (χ4v) is 2.12. The lowest BCUT2D eigenvalue weighted by molar-refractivity contribution is -0.384. The van der Waals surface area contributed by atoms with Gasteiger partial charge in [0.25, 0.3) is 5.69 Å². The first kappa shape index (κ1) is 17.9.